The highest BCUT2D eigenvalue weighted by atomic mass is 16.5. The molecule has 6 nitrogen and oxygen atoms in total. The van der Waals surface area contributed by atoms with Crippen molar-refractivity contribution in [1.82, 2.24) is 4.90 Å². The third-order valence-corrected chi connectivity index (χ3v) is 7.34. The SMILES string of the molecule is CCCCC1=NC2(CCCCC2)C(=O)N1Cc1ccc(Cc2ccccc2OC(C)(C)C(=O)O)cc1. The minimum atomic E-state index is -1.31. The van der Waals surface area contributed by atoms with E-state index < -0.39 is 17.1 Å². The highest BCUT2D eigenvalue weighted by molar-refractivity contribution is 6.08. The first-order valence-electron chi connectivity index (χ1n) is 13.2. The van der Waals surface area contributed by atoms with Crippen molar-refractivity contribution in [1.29, 1.82) is 0 Å². The maximum absolute atomic E-state index is 13.5. The molecule has 0 bridgehead atoms. The first-order valence-corrected chi connectivity index (χ1v) is 13.2. The lowest BCUT2D eigenvalue weighted by molar-refractivity contribution is -0.152. The van der Waals surface area contributed by atoms with Gasteiger partial charge in [-0.05, 0) is 55.9 Å². The zero-order valence-corrected chi connectivity index (χ0v) is 21.8. The Morgan fingerprint density at radius 1 is 1.06 bits per heavy atom. The van der Waals surface area contributed by atoms with Gasteiger partial charge in [0, 0.05) is 12.8 Å². The zero-order valence-electron chi connectivity index (χ0n) is 21.8. The summed E-state index contributed by atoms with van der Waals surface area (Å²) in [7, 11) is 0. The number of amidine groups is 1. The quantitative estimate of drug-likeness (QED) is 0.433. The van der Waals surface area contributed by atoms with Gasteiger partial charge in [0.25, 0.3) is 5.91 Å². The number of rotatable bonds is 10. The molecule has 1 heterocycles. The van der Waals surface area contributed by atoms with Crippen molar-refractivity contribution in [3.8, 4) is 5.75 Å². The number of amides is 1. The molecule has 4 rings (SSSR count). The van der Waals surface area contributed by atoms with E-state index in [1.165, 1.54) is 6.42 Å². The first-order chi connectivity index (χ1) is 17.2. The van der Waals surface area contributed by atoms with E-state index in [0.29, 0.717) is 18.7 Å². The molecule has 1 fully saturated rings. The van der Waals surface area contributed by atoms with E-state index in [-0.39, 0.29) is 5.91 Å². The monoisotopic (exact) mass is 490 g/mol. The van der Waals surface area contributed by atoms with Crippen LogP contribution in [0, 0.1) is 0 Å². The van der Waals surface area contributed by atoms with Crippen LogP contribution >= 0.6 is 0 Å². The van der Waals surface area contributed by atoms with Crippen molar-refractivity contribution in [2.75, 3.05) is 0 Å². The summed E-state index contributed by atoms with van der Waals surface area (Å²) in [6.07, 6.45) is 8.69. The number of carbonyl (C=O) groups is 2. The molecule has 1 saturated carbocycles. The lowest BCUT2D eigenvalue weighted by atomic mass is 9.82. The highest BCUT2D eigenvalue weighted by Crippen LogP contribution is 2.38. The van der Waals surface area contributed by atoms with Crippen molar-refractivity contribution in [3.05, 3.63) is 65.2 Å². The average molecular weight is 491 g/mol. The molecule has 2 aromatic rings. The zero-order chi connectivity index (χ0) is 25.8. The Labute approximate surface area is 214 Å². The summed E-state index contributed by atoms with van der Waals surface area (Å²) in [5, 5.41) is 9.44. The van der Waals surface area contributed by atoms with E-state index in [0.717, 1.165) is 67.5 Å². The lowest BCUT2D eigenvalue weighted by Crippen LogP contribution is -2.43. The van der Waals surface area contributed by atoms with Crippen molar-refractivity contribution < 1.29 is 19.4 Å². The van der Waals surface area contributed by atoms with Gasteiger partial charge in [0.15, 0.2) is 5.60 Å². The van der Waals surface area contributed by atoms with Gasteiger partial charge in [-0.25, -0.2) is 4.79 Å². The molecule has 192 valence electrons. The summed E-state index contributed by atoms with van der Waals surface area (Å²) in [6.45, 7) is 5.82. The maximum atomic E-state index is 13.5. The molecule has 1 aliphatic carbocycles. The van der Waals surface area contributed by atoms with Gasteiger partial charge in [-0.2, -0.15) is 0 Å². The smallest absolute Gasteiger partial charge is 0.347 e. The molecule has 0 radical (unpaired) electrons. The molecule has 0 unspecified atom stereocenters. The number of ether oxygens (including phenoxy) is 1. The Kier molecular flexibility index (Phi) is 7.82. The van der Waals surface area contributed by atoms with E-state index in [1.807, 2.05) is 29.2 Å². The number of hydrogen-bond donors (Lipinski definition) is 1. The van der Waals surface area contributed by atoms with Gasteiger partial charge in [0.1, 0.15) is 17.1 Å². The van der Waals surface area contributed by atoms with Crippen LogP contribution in [0.1, 0.15) is 88.8 Å². The van der Waals surface area contributed by atoms with Crippen LogP contribution < -0.4 is 4.74 Å². The van der Waals surface area contributed by atoms with E-state index >= 15 is 0 Å². The van der Waals surface area contributed by atoms with E-state index in [1.54, 1.807) is 13.8 Å². The molecule has 1 N–H and O–H groups in total. The number of carboxylic acid groups (broad SMARTS) is 1. The van der Waals surface area contributed by atoms with Crippen molar-refractivity contribution in [2.45, 2.75) is 96.2 Å². The number of hydrogen-bond acceptors (Lipinski definition) is 4. The maximum Gasteiger partial charge on any atom is 0.347 e. The van der Waals surface area contributed by atoms with Crippen molar-refractivity contribution >= 4 is 17.7 Å². The second kappa shape index (κ2) is 10.9. The predicted octanol–water partition coefficient (Wildman–Crippen LogP) is 6.15. The van der Waals surface area contributed by atoms with Crippen molar-refractivity contribution in [2.24, 2.45) is 4.99 Å². The second-order valence-electron chi connectivity index (χ2n) is 10.6. The predicted molar refractivity (Wildman–Crippen MR) is 141 cm³/mol. The number of aliphatic imine (C=N–C) groups is 1. The molecule has 36 heavy (non-hydrogen) atoms. The van der Waals surface area contributed by atoms with Gasteiger partial charge < -0.3 is 9.84 Å². The number of para-hydroxylation sites is 1. The van der Waals surface area contributed by atoms with Gasteiger partial charge >= 0.3 is 5.97 Å². The highest BCUT2D eigenvalue weighted by Gasteiger charge is 2.48. The van der Waals surface area contributed by atoms with Crippen molar-refractivity contribution in [3.63, 3.8) is 0 Å². The normalized spacial score (nSPS) is 17.4. The fourth-order valence-electron chi connectivity index (χ4n) is 5.11. The summed E-state index contributed by atoms with van der Waals surface area (Å²) in [6, 6.07) is 15.9. The van der Waals surface area contributed by atoms with Gasteiger partial charge in [0.2, 0.25) is 0 Å². The number of aliphatic carboxylic acids is 1. The number of unbranched alkanes of at least 4 members (excludes halogenated alkanes) is 1. The lowest BCUT2D eigenvalue weighted by Gasteiger charge is -2.29. The number of carbonyl (C=O) groups excluding carboxylic acids is 1. The third-order valence-electron chi connectivity index (χ3n) is 7.34. The summed E-state index contributed by atoms with van der Waals surface area (Å²) in [4.78, 5) is 32.0. The van der Waals surface area contributed by atoms with Crippen LogP contribution in [0.5, 0.6) is 5.75 Å². The van der Waals surface area contributed by atoms with Gasteiger partial charge in [-0.15, -0.1) is 0 Å². The molecule has 1 spiro atoms. The minimum Gasteiger partial charge on any atom is -0.478 e. The molecule has 1 amide bonds. The number of carboxylic acids is 1. The largest absolute Gasteiger partial charge is 0.478 e. The summed E-state index contributed by atoms with van der Waals surface area (Å²) in [5.41, 5.74) is 1.28. The molecule has 2 aromatic carbocycles. The Morgan fingerprint density at radius 3 is 2.39 bits per heavy atom. The molecule has 1 aliphatic heterocycles. The van der Waals surface area contributed by atoms with E-state index in [2.05, 4.69) is 31.2 Å². The Balaban J connectivity index is 1.47. The van der Waals surface area contributed by atoms with Crippen LogP contribution in [0.25, 0.3) is 0 Å². The molecule has 0 aromatic heterocycles. The van der Waals surface area contributed by atoms with Crippen LogP contribution in [0.2, 0.25) is 0 Å². The van der Waals surface area contributed by atoms with Crippen LogP contribution in [0.3, 0.4) is 0 Å². The fourth-order valence-corrected chi connectivity index (χ4v) is 5.11. The van der Waals surface area contributed by atoms with Crippen LogP contribution in [0.4, 0.5) is 0 Å². The van der Waals surface area contributed by atoms with E-state index in [4.69, 9.17) is 9.73 Å². The topological polar surface area (TPSA) is 79.2 Å². The summed E-state index contributed by atoms with van der Waals surface area (Å²) < 4.78 is 5.83. The number of benzene rings is 2. The average Bonchev–Trinajstić information content (AvgIpc) is 3.10. The molecule has 0 saturated heterocycles. The first kappa shape index (κ1) is 25.9. The standard InChI is InChI=1S/C30H38N2O4/c1-4-5-13-26-31-30(18-9-6-10-19-30)27(33)32(26)21-23-16-14-22(15-17-23)20-24-11-7-8-12-25(24)36-29(2,3)28(34)35/h7-8,11-12,14-17H,4-6,9-10,13,18-21H2,1-3H3,(H,34,35). The molecule has 0 atom stereocenters. The summed E-state index contributed by atoms with van der Waals surface area (Å²) >= 11 is 0. The minimum absolute atomic E-state index is 0.185. The molecular formula is C30H38N2O4. The van der Waals surface area contributed by atoms with E-state index in [9.17, 15) is 14.7 Å². The Bertz CT molecular complexity index is 1110. The molecular weight excluding hydrogens is 452 g/mol. The van der Waals surface area contributed by atoms with Crippen LogP contribution in [0.15, 0.2) is 53.5 Å². The molecule has 6 heteroatoms. The van der Waals surface area contributed by atoms with Gasteiger partial charge in [-0.1, -0.05) is 75.1 Å². The third kappa shape index (κ3) is 5.63. The Morgan fingerprint density at radius 2 is 1.72 bits per heavy atom. The van der Waals surface area contributed by atoms with Crippen LogP contribution in [-0.4, -0.2) is 38.9 Å². The summed E-state index contributed by atoms with van der Waals surface area (Å²) in [5.74, 6) is 0.714. The molecule has 2 aliphatic rings. The fraction of sp³-hybridized carbons (Fsp3) is 0.500. The van der Waals surface area contributed by atoms with Crippen LogP contribution in [-0.2, 0) is 22.6 Å². The van der Waals surface area contributed by atoms with Gasteiger partial charge in [-0.3, -0.25) is 14.7 Å². The van der Waals surface area contributed by atoms with Gasteiger partial charge in [0.05, 0.1) is 6.54 Å². The Hall–Kier alpha value is -3.15. The second-order valence-corrected chi connectivity index (χ2v) is 10.6. The number of nitrogens with zero attached hydrogens (tertiary/aromatic N) is 2.